The number of hydrogen-bond acceptors (Lipinski definition) is 3. The molecule has 112 valence electrons. The first-order valence-corrected chi connectivity index (χ1v) is 7.54. The molecule has 1 atom stereocenters. The molecule has 1 unspecified atom stereocenters. The lowest BCUT2D eigenvalue weighted by Crippen LogP contribution is -2.46. The summed E-state index contributed by atoms with van der Waals surface area (Å²) in [7, 11) is 0. The second-order valence-electron chi connectivity index (χ2n) is 6.02. The van der Waals surface area contributed by atoms with E-state index in [1.807, 2.05) is 10.8 Å². The summed E-state index contributed by atoms with van der Waals surface area (Å²) in [6, 6.07) is 3.41. The molecule has 21 heavy (non-hydrogen) atoms. The summed E-state index contributed by atoms with van der Waals surface area (Å²) >= 11 is 3.28. The molecule has 0 aliphatic rings. The van der Waals surface area contributed by atoms with Crippen molar-refractivity contribution in [2.45, 2.75) is 33.4 Å². The molecular weight excluding hydrogens is 332 g/mol. The van der Waals surface area contributed by atoms with E-state index in [1.54, 1.807) is 30.9 Å². The maximum absolute atomic E-state index is 12.4. The van der Waals surface area contributed by atoms with Crippen molar-refractivity contribution in [2.24, 2.45) is 5.41 Å². The molecule has 0 saturated heterocycles. The second kappa shape index (κ2) is 6.39. The van der Waals surface area contributed by atoms with Gasteiger partial charge in [-0.15, -0.1) is 0 Å². The number of hydrogen-bond donors (Lipinski definition) is 1. The van der Waals surface area contributed by atoms with Crippen LogP contribution in [0.4, 0.5) is 0 Å². The van der Waals surface area contributed by atoms with E-state index < -0.39 is 0 Å². The molecule has 0 bridgehead atoms. The monoisotopic (exact) mass is 350 g/mol. The van der Waals surface area contributed by atoms with Crippen molar-refractivity contribution in [3.8, 4) is 0 Å². The summed E-state index contributed by atoms with van der Waals surface area (Å²) in [5, 5.41) is 3.10. The normalized spacial score (nSPS) is 13.0. The highest BCUT2D eigenvalue weighted by Gasteiger charge is 2.27. The van der Waals surface area contributed by atoms with Crippen molar-refractivity contribution in [2.75, 3.05) is 0 Å². The van der Waals surface area contributed by atoms with E-state index in [0.717, 1.165) is 0 Å². The van der Waals surface area contributed by atoms with Crippen molar-refractivity contribution in [1.82, 2.24) is 19.9 Å². The number of nitrogens with zero attached hydrogens (tertiary/aromatic N) is 3. The molecule has 0 aliphatic carbocycles. The van der Waals surface area contributed by atoms with Crippen LogP contribution in [0.1, 0.15) is 31.1 Å². The summed E-state index contributed by atoms with van der Waals surface area (Å²) in [5.74, 6) is -0.0989. The van der Waals surface area contributed by atoms with Gasteiger partial charge >= 0.3 is 0 Å². The highest BCUT2D eigenvalue weighted by molar-refractivity contribution is 9.10. The minimum absolute atomic E-state index is 0.00820. The van der Waals surface area contributed by atoms with Crippen LogP contribution >= 0.6 is 15.9 Å². The van der Waals surface area contributed by atoms with E-state index in [2.05, 4.69) is 52.0 Å². The number of halogens is 1. The first-order valence-electron chi connectivity index (χ1n) is 6.74. The third-order valence-corrected chi connectivity index (χ3v) is 3.73. The molecule has 2 heterocycles. The second-order valence-corrected chi connectivity index (χ2v) is 6.83. The molecule has 2 rings (SSSR count). The summed E-state index contributed by atoms with van der Waals surface area (Å²) in [4.78, 5) is 20.5. The Kier molecular flexibility index (Phi) is 4.77. The van der Waals surface area contributed by atoms with Gasteiger partial charge in [-0.1, -0.05) is 20.8 Å². The van der Waals surface area contributed by atoms with E-state index in [1.165, 1.54) is 0 Å². The Morgan fingerprint density at radius 2 is 2.19 bits per heavy atom. The van der Waals surface area contributed by atoms with Gasteiger partial charge in [0.25, 0.3) is 5.91 Å². The fourth-order valence-electron chi connectivity index (χ4n) is 1.93. The van der Waals surface area contributed by atoms with E-state index in [0.29, 0.717) is 16.7 Å². The Bertz CT molecular complexity index is 604. The third kappa shape index (κ3) is 4.39. The smallest absolute Gasteiger partial charge is 0.251 e. The zero-order valence-electron chi connectivity index (χ0n) is 12.4. The Hall–Kier alpha value is -1.69. The fourth-order valence-corrected chi connectivity index (χ4v) is 2.29. The van der Waals surface area contributed by atoms with Crippen LogP contribution in [0.2, 0.25) is 0 Å². The van der Waals surface area contributed by atoms with Crippen molar-refractivity contribution in [3.63, 3.8) is 0 Å². The molecule has 1 amide bonds. The molecule has 2 aromatic heterocycles. The molecule has 6 heteroatoms. The Balaban J connectivity index is 2.13. The number of rotatable bonds is 4. The van der Waals surface area contributed by atoms with Gasteiger partial charge in [0.1, 0.15) is 4.60 Å². The lowest BCUT2D eigenvalue weighted by Gasteiger charge is -2.31. The van der Waals surface area contributed by atoms with Crippen LogP contribution in [0.25, 0.3) is 0 Å². The average Bonchev–Trinajstić information content (AvgIpc) is 2.89. The lowest BCUT2D eigenvalue weighted by molar-refractivity contribution is 0.0892. The molecule has 2 aromatic rings. The van der Waals surface area contributed by atoms with Gasteiger partial charge in [-0.05, 0) is 33.5 Å². The molecule has 0 spiro atoms. The summed E-state index contributed by atoms with van der Waals surface area (Å²) in [6.07, 6.45) is 7.00. The maximum atomic E-state index is 12.4. The quantitative estimate of drug-likeness (QED) is 0.862. The highest BCUT2D eigenvalue weighted by atomic mass is 79.9. The molecule has 1 N–H and O–H groups in total. The molecule has 0 fully saturated rings. The predicted octanol–water partition coefficient (Wildman–Crippen LogP) is 2.89. The van der Waals surface area contributed by atoms with Gasteiger partial charge in [0.15, 0.2) is 0 Å². The minimum atomic E-state index is -0.0989. The number of carbonyl (C=O) groups excluding carboxylic acids is 1. The number of pyridine rings is 1. The van der Waals surface area contributed by atoms with Crippen molar-refractivity contribution in [3.05, 3.63) is 47.2 Å². The zero-order chi connectivity index (χ0) is 15.5. The van der Waals surface area contributed by atoms with Crippen LogP contribution in [-0.4, -0.2) is 26.5 Å². The first-order chi connectivity index (χ1) is 9.86. The number of imidazole rings is 1. The van der Waals surface area contributed by atoms with Gasteiger partial charge in [0.05, 0.1) is 12.4 Å². The molecule has 0 aliphatic heterocycles. The number of amides is 1. The molecule has 0 radical (unpaired) electrons. The van der Waals surface area contributed by atoms with Crippen LogP contribution in [0.3, 0.4) is 0 Å². The van der Waals surface area contributed by atoms with Crippen molar-refractivity contribution >= 4 is 21.8 Å². The topological polar surface area (TPSA) is 59.8 Å². The van der Waals surface area contributed by atoms with E-state index >= 15 is 0 Å². The minimum Gasteiger partial charge on any atom is -0.347 e. The van der Waals surface area contributed by atoms with Gasteiger partial charge in [0, 0.05) is 30.7 Å². The molecule has 5 nitrogen and oxygen atoms in total. The van der Waals surface area contributed by atoms with E-state index in [-0.39, 0.29) is 17.4 Å². The zero-order valence-corrected chi connectivity index (χ0v) is 14.0. The Labute approximate surface area is 132 Å². The Morgan fingerprint density at radius 3 is 2.76 bits per heavy atom. The van der Waals surface area contributed by atoms with Gasteiger partial charge < -0.3 is 9.88 Å². The maximum Gasteiger partial charge on any atom is 0.251 e. The highest BCUT2D eigenvalue weighted by Crippen LogP contribution is 2.21. The van der Waals surface area contributed by atoms with Crippen LogP contribution in [0.15, 0.2) is 41.7 Å². The van der Waals surface area contributed by atoms with Gasteiger partial charge in [-0.2, -0.15) is 0 Å². The van der Waals surface area contributed by atoms with Crippen LogP contribution in [0, 0.1) is 5.41 Å². The largest absolute Gasteiger partial charge is 0.347 e. The summed E-state index contributed by atoms with van der Waals surface area (Å²) in [6.45, 7) is 7.01. The SMILES string of the molecule is CC(C)(C)C(Cn1ccnc1)NC(=O)c1ccnc(Br)c1. The standard InChI is InChI=1S/C15H19BrN4O/c1-15(2,3)12(9-20-7-6-17-10-20)19-14(21)11-4-5-18-13(16)8-11/h4-8,10,12H,9H2,1-3H3,(H,19,21). The van der Waals surface area contributed by atoms with Crippen LogP contribution in [-0.2, 0) is 6.54 Å². The first kappa shape index (κ1) is 15.7. The Morgan fingerprint density at radius 1 is 1.43 bits per heavy atom. The lowest BCUT2D eigenvalue weighted by atomic mass is 9.86. The van der Waals surface area contributed by atoms with Crippen molar-refractivity contribution in [1.29, 1.82) is 0 Å². The van der Waals surface area contributed by atoms with Gasteiger partial charge in [0.2, 0.25) is 0 Å². The van der Waals surface area contributed by atoms with Crippen LogP contribution < -0.4 is 5.32 Å². The van der Waals surface area contributed by atoms with E-state index in [4.69, 9.17) is 0 Å². The fraction of sp³-hybridized carbons (Fsp3) is 0.400. The number of carbonyl (C=O) groups is 1. The average molecular weight is 351 g/mol. The molecule has 0 saturated carbocycles. The van der Waals surface area contributed by atoms with Crippen LogP contribution in [0.5, 0.6) is 0 Å². The van der Waals surface area contributed by atoms with Crippen molar-refractivity contribution < 1.29 is 4.79 Å². The van der Waals surface area contributed by atoms with Gasteiger partial charge in [-0.25, -0.2) is 9.97 Å². The third-order valence-electron chi connectivity index (χ3n) is 3.29. The van der Waals surface area contributed by atoms with E-state index in [9.17, 15) is 4.79 Å². The van der Waals surface area contributed by atoms with Gasteiger partial charge in [-0.3, -0.25) is 4.79 Å². The number of nitrogens with one attached hydrogen (secondary N) is 1. The molecular formula is C15H19BrN4O. The molecule has 0 aromatic carbocycles. The predicted molar refractivity (Wildman–Crippen MR) is 84.9 cm³/mol. The summed E-state index contributed by atoms with van der Waals surface area (Å²) < 4.78 is 2.62. The number of aromatic nitrogens is 3. The summed E-state index contributed by atoms with van der Waals surface area (Å²) in [5.41, 5.74) is 0.529.